The van der Waals surface area contributed by atoms with Crippen molar-refractivity contribution in [3.63, 3.8) is 0 Å². The van der Waals surface area contributed by atoms with Crippen LogP contribution in [-0.4, -0.2) is 34.1 Å². The van der Waals surface area contributed by atoms with Gasteiger partial charge in [0.15, 0.2) is 0 Å². The first-order valence-electron chi connectivity index (χ1n) is 7.76. The van der Waals surface area contributed by atoms with Gasteiger partial charge in [0, 0.05) is 13.1 Å². The van der Waals surface area contributed by atoms with Crippen LogP contribution in [0.3, 0.4) is 0 Å². The maximum atomic E-state index is 5.56. The monoisotopic (exact) mass is 294 g/mol. The average Bonchev–Trinajstić information content (AvgIpc) is 2.47. The van der Waals surface area contributed by atoms with Crippen LogP contribution in [0, 0.1) is 5.92 Å². The molecule has 3 N–H and O–H groups in total. The molecule has 0 bridgehead atoms. The van der Waals surface area contributed by atoms with Crippen LogP contribution in [0.15, 0.2) is 0 Å². The number of anilines is 2. The molecule has 0 atom stereocenters. The molecule has 0 aliphatic carbocycles. The van der Waals surface area contributed by atoms with E-state index in [1.807, 2.05) is 13.8 Å². The number of rotatable bonds is 6. The number of hydrazine groups is 1. The molecular formula is C14H26N6O. The zero-order valence-corrected chi connectivity index (χ0v) is 13.2. The van der Waals surface area contributed by atoms with Crippen LogP contribution in [0.4, 0.5) is 11.9 Å². The molecule has 2 heterocycles. The van der Waals surface area contributed by atoms with Gasteiger partial charge in [0.2, 0.25) is 11.9 Å². The maximum absolute atomic E-state index is 5.56. The molecule has 21 heavy (non-hydrogen) atoms. The Balaban J connectivity index is 2.08. The summed E-state index contributed by atoms with van der Waals surface area (Å²) in [6.07, 6.45) is 4.95. The highest BCUT2D eigenvalue weighted by Crippen LogP contribution is 2.25. The third kappa shape index (κ3) is 4.42. The van der Waals surface area contributed by atoms with Crippen LogP contribution < -0.4 is 20.9 Å². The van der Waals surface area contributed by atoms with Gasteiger partial charge in [-0.05, 0) is 32.6 Å². The van der Waals surface area contributed by atoms with Crippen molar-refractivity contribution in [2.45, 2.75) is 52.6 Å². The maximum Gasteiger partial charge on any atom is 0.323 e. The fourth-order valence-electron chi connectivity index (χ4n) is 2.65. The number of aromatic nitrogens is 3. The molecule has 1 aliphatic heterocycles. The van der Waals surface area contributed by atoms with E-state index in [1.165, 1.54) is 25.7 Å². The topological polar surface area (TPSA) is 89.2 Å². The Labute approximate surface area is 126 Å². The predicted octanol–water partition coefficient (Wildman–Crippen LogP) is 1.96. The fourth-order valence-corrected chi connectivity index (χ4v) is 2.65. The van der Waals surface area contributed by atoms with Crippen LogP contribution in [0.2, 0.25) is 0 Å². The minimum absolute atomic E-state index is 0.0150. The normalized spacial score (nSPS) is 16.3. The summed E-state index contributed by atoms with van der Waals surface area (Å²) in [4.78, 5) is 15.1. The molecule has 1 aliphatic rings. The van der Waals surface area contributed by atoms with Crippen molar-refractivity contribution in [3.05, 3.63) is 0 Å². The summed E-state index contributed by atoms with van der Waals surface area (Å²) in [7, 11) is 0. The molecule has 1 aromatic heterocycles. The third-order valence-electron chi connectivity index (χ3n) is 3.67. The molecule has 7 nitrogen and oxygen atoms in total. The van der Waals surface area contributed by atoms with Gasteiger partial charge in [0.1, 0.15) is 0 Å². The lowest BCUT2D eigenvalue weighted by Gasteiger charge is -2.32. The second kappa shape index (κ2) is 7.40. The number of hydrogen-bond acceptors (Lipinski definition) is 7. The van der Waals surface area contributed by atoms with Crippen molar-refractivity contribution in [3.8, 4) is 6.01 Å². The van der Waals surface area contributed by atoms with Crippen LogP contribution in [0.25, 0.3) is 0 Å². The number of piperidine rings is 1. The molecule has 0 unspecified atom stereocenters. The van der Waals surface area contributed by atoms with E-state index in [0.29, 0.717) is 17.9 Å². The van der Waals surface area contributed by atoms with Gasteiger partial charge in [-0.3, -0.25) is 5.43 Å². The van der Waals surface area contributed by atoms with Crippen LogP contribution in [0.5, 0.6) is 6.01 Å². The molecule has 7 heteroatoms. The summed E-state index contributed by atoms with van der Waals surface area (Å²) in [5, 5.41) is 0. The van der Waals surface area contributed by atoms with Crippen LogP contribution in [0.1, 0.15) is 46.5 Å². The van der Waals surface area contributed by atoms with E-state index in [-0.39, 0.29) is 6.10 Å². The summed E-state index contributed by atoms with van der Waals surface area (Å²) in [5.41, 5.74) is 2.48. The SMILES string of the molecule is CCCC1CCN(c2nc(NN)nc(OC(C)C)n2)CC1. The number of nitrogens with two attached hydrogens (primary N) is 1. The number of ether oxygens (including phenoxy) is 1. The Kier molecular flexibility index (Phi) is 5.55. The lowest BCUT2D eigenvalue weighted by molar-refractivity contribution is 0.221. The van der Waals surface area contributed by atoms with Crippen molar-refractivity contribution in [1.82, 2.24) is 15.0 Å². The molecule has 0 amide bonds. The summed E-state index contributed by atoms with van der Waals surface area (Å²) < 4.78 is 5.56. The van der Waals surface area contributed by atoms with Crippen molar-refractivity contribution in [2.75, 3.05) is 23.4 Å². The summed E-state index contributed by atoms with van der Waals surface area (Å²) in [5.74, 6) is 7.24. The fraction of sp³-hybridized carbons (Fsp3) is 0.786. The second-order valence-electron chi connectivity index (χ2n) is 5.77. The van der Waals surface area contributed by atoms with Gasteiger partial charge in [-0.1, -0.05) is 19.8 Å². The molecule has 1 saturated heterocycles. The number of nitrogens with zero attached hydrogens (tertiary/aromatic N) is 4. The van der Waals surface area contributed by atoms with Crippen molar-refractivity contribution in [2.24, 2.45) is 11.8 Å². The lowest BCUT2D eigenvalue weighted by atomic mass is 9.93. The molecule has 0 radical (unpaired) electrons. The average molecular weight is 294 g/mol. The number of nitrogens with one attached hydrogen (secondary N) is 1. The Morgan fingerprint density at radius 1 is 1.29 bits per heavy atom. The minimum atomic E-state index is 0.0150. The first-order chi connectivity index (χ1) is 10.1. The Hall–Kier alpha value is -1.63. The van der Waals surface area contributed by atoms with E-state index in [1.54, 1.807) is 0 Å². The largest absolute Gasteiger partial charge is 0.461 e. The third-order valence-corrected chi connectivity index (χ3v) is 3.67. The van der Waals surface area contributed by atoms with E-state index >= 15 is 0 Å². The Bertz CT molecular complexity index is 445. The lowest BCUT2D eigenvalue weighted by Crippen LogP contribution is -2.35. The van der Waals surface area contributed by atoms with Crippen LogP contribution in [-0.2, 0) is 0 Å². The smallest absolute Gasteiger partial charge is 0.323 e. The standard InChI is InChI=1S/C14H26N6O/c1-4-5-11-6-8-20(9-7-11)13-16-12(19-15)17-14(18-13)21-10(2)3/h10-11H,4-9,15H2,1-3H3,(H,16,17,18,19). The van der Waals surface area contributed by atoms with Gasteiger partial charge in [-0.2, -0.15) is 15.0 Å². The molecule has 118 valence electrons. The van der Waals surface area contributed by atoms with Gasteiger partial charge in [0.25, 0.3) is 0 Å². The molecule has 1 fully saturated rings. The first-order valence-corrected chi connectivity index (χ1v) is 7.76. The van der Waals surface area contributed by atoms with E-state index in [0.717, 1.165) is 19.0 Å². The number of hydrogen-bond donors (Lipinski definition) is 2. The van der Waals surface area contributed by atoms with Crippen molar-refractivity contribution < 1.29 is 4.74 Å². The Morgan fingerprint density at radius 3 is 2.57 bits per heavy atom. The summed E-state index contributed by atoms with van der Waals surface area (Å²) in [6.45, 7) is 8.07. The van der Waals surface area contributed by atoms with E-state index in [2.05, 4.69) is 32.2 Å². The molecule has 0 saturated carbocycles. The van der Waals surface area contributed by atoms with Crippen LogP contribution >= 0.6 is 0 Å². The molecule has 0 aromatic carbocycles. The molecule has 2 rings (SSSR count). The first kappa shape index (κ1) is 15.8. The molecule has 1 aromatic rings. The highest BCUT2D eigenvalue weighted by Gasteiger charge is 2.22. The van der Waals surface area contributed by atoms with Gasteiger partial charge >= 0.3 is 6.01 Å². The molecule has 0 spiro atoms. The van der Waals surface area contributed by atoms with Crippen molar-refractivity contribution in [1.29, 1.82) is 0 Å². The quantitative estimate of drug-likeness (QED) is 0.612. The predicted molar refractivity (Wildman–Crippen MR) is 83.2 cm³/mol. The van der Waals surface area contributed by atoms with Gasteiger partial charge < -0.3 is 9.64 Å². The van der Waals surface area contributed by atoms with E-state index < -0.39 is 0 Å². The molecular weight excluding hydrogens is 268 g/mol. The zero-order chi connectivity index (χ0) is 15.2. The van der Waals surface area contributed by atoms with Crippen molar-refractivity contribution >= 4 is 11.9 Å². The highest BCUT2D eigenvalue weighted by molar-refractivity contribution is 5.38. The Morgan fingerprint density at radius 2 is 2.00 bits per heavy atom. The number of nitrogen functional groups attached to an aromatic ring is 1. The van der Waals surface area contributed by atoms with Gasteiger partial charge in [0.05, 0.1) is 6.10 Å². The summed E-state index contributed by atoms with van der Waals surface area (Å²) in [6, 6.07) is 0.318. The zero-order valence-electron chi connectivity index (χ0n) is 13.2. The second-order valence-corrected chi connectivity index (χ2v) is 5.77. The van der Waals surface area contributed by atoms with E-state index in [4.69, 9.17) is 10.6 Å². The minimum Gasteiger partial charge on any atom is -0.461 e. The van der Waals surface area contributed by atoms with Gasteiger partial charge in [-0.15, -0.1) is 0 Å². The highest BCUT2D eigenvalue weighted by atomic mass is 16.5. The van der Waals surface area contributed by atoms with Gasteiger partial charge in [-0.25, -0.2) is 5.84 Å². The van der Waals surface area contributed by atoms with E-state index in [9.17, 15) is 0 Å². The summed E-state index contributed by atoms with van der Waals surface area (Å²) >= 11 is 0.